The minimum absolute atomic E-state index is 0.0144. The minimum Gasteiger partial charge on any atom is -0.486 e. The number of hydrogen-bond donors (Lipinski definition) is 1. The van der Waals surface area contributed by atoms with Gasteiger partial charge in [-0.15, -0.1) is 0 Å². The van der Waals surface area contributed by atoms with Crippen LogP contribution >= 0.6 is 0 Å². The van der Waals surface area contributed by atoms with Gasteiger partial charge in [0.05, 0.1) is 11.4 Å². The van der Waals surface area contributed by atoms with Gasteiger partial charge in [-0.1, -0.05) is 12.1 Å². The predicted octanol–water partition coefficient (Wildman–Crippen LogP) is 1.53. The van der Waals surface area contributed by atoms with Gasteiger partial charge in [-0.25, -0.2) is 12.8 Å². The van der Waals surface area contributed by atoms with Crippen LogP contribution in [0.1, 0.15) is 5.56 Å². The fraction of sp³-hybridized carbons (Fsp3) is 0.278. The highest BCUT2D eigenvalue weighted by atomic mass is 32.2. The molecule has 0 spiro atoms. The number of halogens is 1. The highest BCUT2D eigenvalue weighted by Gasteiger charge is 2.25. The van der Waals surface area contributed by atoms with E-state index in [4.69, 9.17) is 9.47 Å². The first-order valence-corrected chi connectivity index (χ1v) is 9.67. The second kappa shape index (κ2) is 7.93. The quantitative estimate of drug-likeness (QED) is 0.803. The molecule has 3 rings (SSSR count). The molecule has 0 saturated carbocycles. The Morgan fingerprint density at radius 1 is 1.11 bits per heavy atom. The lowest BCUT2D eigenvalue weighted by Gasteiger charge is -2.21. The molecule has 144 valence electrons. The lowest BCUT2D eigenvalue weighted by molar-refractivity contribution is -0.121. The van der Waals surface area contributed by atoms with Gasteiger partial charge >= 0.3 is 0 Å². The van der Waals surface area contributed by atoms with Crippen molar-refractivity contribution < 1.29 is 27.1 Å². The Kier molecular flexibility index (Phi) is 5.62. The maximum Gasteiger partial charge on any atom is 0.243 e. The summed E-state index contributed by atoms with van der Waals surface area (Å²) in [5, 5.41) is 2.61. The zero-order valence-electron chi connectivity index (χ0n) is 14.6. The molecule has 2 aromatic rings. The minimum atomic E-state index is -3.87. The summed E-state index contributed by atoms with van der Waals surface area (Å²) in [5.41, 5.74) is 0.710. The Bertz CT molecular complexity index is 931. The van der Waals surface area contributed by atoms with Crippen molar-refractivity contribution in [3.63, 3.8) is 0 Å². The van der Waals surface area contributed by atoms with Gasteiger partial charge in [0.2, 0.25) is 15.9 Å². The van der Waals surface area contributed by atoms with Crippen molar-refractivity contribution in [3.05, 3.63) is 53.8 Å². The number of benzene rings is 2. The number of amides is 1. The van der Waals surface area contributed by atoms with Crippen LogP contribution in [0.25, 0.3) is 0 Å². The summed E-state index contributed by atoms with van der Waals surface area (Å²) in [6.07, 6.45) is 0. The summed E-state index contributed by atoms with van der Waals surface area (Å²) in [7, 11) is -2.55. The smallest absolute Gasteiger partial charge is 0.243 e. The molecule has 0 fully saturated rings. The van der Waals surface area contributed by atoms with Crippen molar-refractivity contribution >= 4 is 15.9 Å². The fourth-order valence-electron chi connectivity index (χ4n) is 2.51. The highest BCUT2D eigenvalue weighted by molar-refractivity contribution is 7.89. The average Bonchev–Trinajstić information content (AvgIpc) is 2.67. The molecular formula is C18H19FN2O5S. The molecule has 2 aromatic carbocycles. The van der Waals surface area contributed by atoms with E-state index >= 15 is 0 Å². The van der Waals surface area contributed by atoms with Gasteiger partial charge in [-0.05, 0) is 29.8 Å². The van der Waals surface area contributed by atoms with E-state index in [2.05, 4.69) is 5.32 Å². The largest absolute Gasteiger partial charge is 0.486 e. The van der Waals surface area contributed by atoms with Crippen molar-refractivity contribution in [3.8, 4) is 11.5 Å². The maximum atomic E-state index is 12.9. The molecule has 9 heteroatoms. The maximum absolute atomic E-state index is 12.9. The van der Waals surface area contributed by atoms with Gasteiger partial charge in [0.15, 0.2) is 11.5 Å². The normalized spacial score (nSPS) is 13.4. The number of nitrogens with zero attached hydrogens (tertiary/aromatic N) is 1. The Balaban J connectivity index is 1.62. The van der Waals surface area contributed by atoms with Gasteiger partial charge in [-0.2, -0.15) is 4.31 Å². The SMILES string of the molecule is CN(CC(=O)NCc1ccc(F)cc1)S(=O)(=O)c1ccc2c(c1)OCCO2. The van der Waals surface area contributed by atoms with Crippen molar-refractivity contribution in [2.75, 3.05) is 26.8 Å². The molecule has 1 aliphatic heterocycles. The molecule has 0 atom stereocenters. The lowest BCUT2D eigenvalue weighted by Crippen LogP contribution is -2.38. The van der Waals surface area contributed by atoms with E-state index in [9.17, 15) is 17.6 Å². The van der Waals surface area contributed by atoms with Crippen molar-refractivity contribution in [2.45, 2.75) is 11.4 Å². The van der Waals surface area contributed by atoms with E-state index in [1.807, 2.05) is 0 Å². The number of carbonyl (C=O) groups is 1. The second-order valence-electron chi connectivity index (χ2n) is 5.97. The van der Waals surface area contributed by atoms with Crippen LogP contribution in [0.3, 0.4) is 0 Å². The summed E-state index contributed by atoms with van der Waals surface area (Å²) in [6, 6.07) is 10.0. The average molecular weight is 394 g/mol. The van der Waals surface area contributed by atoms with Crippen LogP contribution in [-0.4, -0.2) is 45.4 Å². The molecule has 1 aliphatic rings. The molecule has 7 nitrogen and oxygen atoms in total. The Morgan fingerprint density at radius 3 is 2.48 bits per heavy atom. The van der Waals surface area contributed by atoms with Crippen LogP contribution in [0.15, 0.2) is 47.4 Å². The molecule has 0 aromatic heterocycles. The fourth-order valence-corrected chi connectivity index (χ4v) is 3.65. The first kappa shape index (κ1) is 19.1. The summed E-state index contributed by atoms with van der Waals surface area (Å²) < 4.78 is 50.0. The number of rotatable bonds is 6. The Morgan fingerprint density at radius 2 is 1.78 bits per heavy atom. The van der Waals surface area contributed by atoms with Crippen LogP contribution < -0.4 is 14.8 Å². The van der Waals surface area contributed by atoms with E-state index < -0.39 is 15.9 Å². The monoisotopic (exact) mass is 394 g/mol. The number of fused-ring (bicyclic) bond motifs is 1. The van der Waals surface area contributed by atoms with E-state index in [1.165, 1.54) is 37.4 Å². The summed E-state index contributed by atoms with van der Waals surface area (Å²) in [4.78, 5) is 12.1. The molecule has 1 amide bonds. The zero-order valence-corrected chi connectivity index (χ0v) is 15.5. The second-order valence-corrected chi connectivity index (χ2v) is 8.01. The number of carbonyl (C=O) groups excluding carboxylic acids is 1. The van der Waals surface area contributed by atoms with Crippen molar-refractivity contribution in [2.24, 2.45) is 0 Å². The number of ether oxygens (including phenoxy) is 2. The summed E-state index contributed by atoms with van der Waals surface area (Å²) in [6.45, 7) is 0.584. The van der Waals surface area contributed by atoms with E-state index in [0.717, 1.165) is 4.31 Å². The zero-order chi connectivity index (χ0) is 19.4. The van der Waals surface area contributed by atoms with Crippen LogP contribution in [-0.2, 0) is 21.4 Å². The van der Waals surface area contributed by atoms with Gasteiger partial charge < -0.3 is 14.8 Å². The Hall–Kier alpha value is -2.65. The molecule has 0 radical (unpaired) electrons. The van der Waals surface area contributed by atoms with Crippen LogP contribution in [0.2, 0.25) is 0 Å². The first-order chi connectivity index (χ1) is 12.9. The third-order valence-electron chi connectivity index (χ3n) is 3.99. The lowest BCUT2D eigenvalue weighted by atomic mass is 10.2. The van der Waals surface area contributed by atoms with Crippen LogP contribution in [0.5, 0.6) is 11.5 Å². The van der Waals surface area contributed by atoms with Gasteiger partial charge in [0, 0.05) is 19.7 Å². The van der Waals surface area contributed by atoms with E-state index in [1.54, 1.807) is 12.1 Å². The van der Waals surface area contributed by atoms with Gasteiger partial charge in [0.25, 0.3) is 0 Å². The molecule has 1 heterocycles. The molecule has 0 bridgehead atoms. The summed E-state index contributed by atoms with van der Waals surface area (Å²) >= 11 is 0. The standard InChI is InChI=1S/C18H19FN2O5S/c1-21(12-18(22)20-11-13-2-4-14(19)5-3-13)27(23,24)15-6-7-16-17(10-15)26-9-8-25-16/h2-7,10H,8-9,11-12H2,1H3,(H,20,22). The number of sulfonamides is 1. The molecule has 0 aliphatic carbocycles. The third-order valence-corrected chi connectivity index (χ3v) is 5.79. The predicted molar refractivity (Wildman–Crippen MR) is 95.5 cm³/mol. The number of likely N-dealkylation sites (N-methyl/N-ethyl adjacent to an activating group) is 1. The van der Waals surface area contributed by atoms with Gasteiger partial charge in [-0.3, -0.25) is 4.79 Å². The van der Waals surface area contributed by atoms with Crippen LogP contribution in [0, 0.1) is 5.82 Å². The molecule has 0 saturated heterocycles. The molecule has 27 heavy (non-hydrogen) atoms. The highest BCUT2D eigenvalue weighted by Crippen LogP contribution is 2.32. The van der Waals surface area contributed by atoms with E-state index in [-0.39, 0.29) is 23.8 Å². The molecule has 0 unspecified atom stereocenters. The third kappa shape index (κ3) is 4.55. The topological polar surface area (TPSA) is 84.9 Å². The van der Waals surface area contributed by atoms with Gasteiger partial charge in [0.1, 0.15) is 19.0 Å². The first-order valence-electron chi connectivity index (χ1n) is 8.23. The van der Waals surface area contributed by atoms with E-state index in [0.29, 0.717) is 30.3 Å². The van der Waals surface area contributed by atoms with Crippen molar-refractivity contribution in [1.29, 1.82) is 0 Å². The molecule has 1 N–H and O–H groups in total. The number of nitrogens with one attached hydrogen (secondary N) is 1. The Labute approximate surface area is 156 Å². The number of hydrogen-bond acceptors (Lipinski definition) is 5. The van der Waals surface area contributed by atoms with Crippen LogP contribution in [0.4, 0.5) is 4.39 Å². The summed E-state index contributed by atoms with van der Waals surface area (Å²) in [5.74, 6) is 0.00894. The molecular weight excluding hydrogens is 375 g/mol. The van der Waals surface area contributed by atoms with Crippen molar-refractivity contribution in [1.82, 2.24) is 9.62 Å².